The highest BCUT2D eigenvalue weighted by Crippen LogP contribution is 2.49. The lowest BCUT2D eigenvalue weighted by Gasteiger charge is -2.23. The number of aromatic nitrogens is 2. The minimum absolute atomic E-state index is 0.124. The van der Waals surface area contributed by atoms with Gasteiger partial charge in [-0.05, 0) is 48.4 Å². The Morgan fingerprint density at radius 1 is 0.976 bits per heavy atom. The molecule has 3 aromatic carbocycles. The number of thioether (sulfide) groups is 1. The Bertz CT molecular complexity index is 1560. The summed E-state index contributed by atoms with van der Waals surface area (Å²) in [7, 11) is 4.82. The number of hydrogen-bond acceptors (Lipinski definition) is 7. The van der Waals surface area contributed by atoms with Gasteiger partial charge in [-0.1, -0.05) is 43.3 Å². The van der Waals surface area contributed by atoms with E-state index in [9.17, 15) is 9.59 Å². The molecule has 42 heavy (non-hydrogen) atoms. The second-order valence-electron chi connectivity index (χ2n) is 9.70. The minimum Gasteiger partial charge on any atom is -0.497 e. The smallest absolute Gasteiger partial charge is 0.240 e. The van der Waals surface area contributed by atoms with Gasteiger partial charge in [0.15, 0.2) is 11.5 Å². The number of hydrogen-bond donors (Lipinski definition) is 1. The van der Waals surface area contributed by atoms with Crippen LogP contribution in [0.5, 0.6) is 17.2 Å². The Labute approximate surface area is 249 Å². The molecular weight excluding hydrogens is 552 g/mol. The molecule has 1 aromatic heterocycles. The SMILES string of the molecule is CCCNC(=O)CN1C(=O)CSC(c2ccc(OC)c(OC)c2)c2c(-c3ccccc3)nn(-c3ccc(OC)cc3)c21. The monoisotopic (exact) mass is 586 g/mol. The van der Waals surface area contributed by atoms with Gasteiger partial charge in [-0.3, -0.25) is 14.5 Å². The van der Waals surface area contributed by atoms with Gasteiger partial charge in [-0.25, -0.2) is 4.68 Å². The van der Waals surface area contributed by atoms with Crippen LogP contribution in [-0.2, 0) is 9.59 Å². The molecule has 0 saturated heterocycles. The van der Waals surface area contributed by atoms with Crippen molar-refractivity contribution in [2.24, 2.45) is 0 Å². The summed E-state index contributed by atoms with van der Waals surface area (Å²) < 4.78 is 18.3. The lowest BCUT2D eigenvalue weighted by Crippen LogP contribution is -2.42. The topological polar surface area (TPSA) is 94.9 Å². The lowest BCUT2D eigenvalue weighted by molar-refractivity contribution is -0.122. The molecule has 2 amide bonds. The first-order chi connectivity index (χ1) is 20.5. The zero-order valence-corrected chi connectivity index (χ0v) is 24.9. The molecule has 1 unspecified atom stereocenters. The first-order valence-electron chi connectivity index (χ1n) is 13.7. The molecule has 0 bridgehead atoms. The van der Waals surface area contributed by atoms with Gasteiger partial charge in [0.2, 0.25) is 11.8 Å². The molecule has 1 atom stereocenters. The molecule has 0 spiro atoms. The summed E-state index contributed by atoms with van der Waals surface area (Å²) in [5.74, 6) is 2.23. The molecule has 218 valence electrons. The van der Waals surface area contributed by atoms with Crippen molar-refractivity contribution in [3.63, 3.8) is 0 Å². The molecule has 1 N–H and O–H groups in total. The van der Waals surface area contributed by atoms with Crippen molar-refractivity contribution in [3.8, 4) is 34.2 Å². The number of rotatable bonds is 10. The van der Waals surface area contributed by atoms with Gasteiger partial charge in [-0.2, -0.15) is 5.10 Å². The van der Waals surface area contributed by atoms with E-state index < -0.39 is 0 Å². The van der Waals surface area contributed by atoms with Crippen molar-refractivity contribution in [2.75, 3.05) is 45.1 Å². The second-order valence-corrected chi connectivity index (χ2v) is 10.8. The molecule has 0 fully saturated rings. The van der Waals surface area contributed by atoms with Crippen LogP contribution in [0.2, 0.25) is 0 Å². The Morgan fingerprint density at radius 2 is 1.71 bits per heavy atom. The molecule has 4 aromatic rings. The van der Waals surface area contributed by atoms with Crippen LogP contribution in [0, 0.1) is 0 Å². The Morgan fingerprint density at radius 3 is 2.38 bits per heavy atom. The van der Waals surface area contributed by atoms with Crippen molar-refractivity contribution in [1.29, 1.82) is 0 Å². The van der Waals surface area contributed by atoms with Crippen LogP contribution in [0.3, 0.4) is 0 Å². The van der Waals surface area contributed by atoms with Gasteiger partial charge in [-0.15, -0.1) is 11.8 Å². The van der Waals surface area contributed by atoms with Crippen LogP contribution >= 0.6 is 11.8 Å². The Kier molecular flexibility index (Phi) is 9.02. The van der Waals surface area contributed by atoms with Gasteiger partial charge in [0.1, 0.15) is 18.1 Å². The van der Waals surface area contributed by atoms with Crippen LogP contribution < -0.4 is 24.4 Å². The molecule has 5 rings (SSSR count). The molecule has 1 aliphatic rings. The van der Waals surface area contributed by atoms with Gasteiger partial charge in [0.25, 0.3) is 0 Å². The first-order valence-corrected chi connectivity index (χ1v) is 14.8. The van der Waals surface area contributed by atoms with Crippen molar-refractivity contribution < 1.29 is 23.8 Å². The van der Waals surface area contributed by atoms with E-state index in [4.69, 9.17) is 19.3 Å². The summed E-state index contributed by atoms with van der Waals surface area (Å²) in [5.41, 5.74) is 4.12. The fraction of sp³-hybridized carbons (Fsp3) is 0.281. The number of carbonyl (C=O) groups excluding carboxylic acids is 2. The van der Waals surface area contributed by atoms with Crippen molar-refractivity contribution >= 4 is 29.4 Å². The van der Waals surface area contributed by atoms with Gasteiger partial charge >= 0.3 is 0 Å². The fourth-order valence-electron chi connectivity index (χ4n) is 4.97. The zero-order valence-electron chi connectivity index (χ0n) is 24.1. The average Bonchev–Trinajstić information content (AvgIpc) is 3.36. The number of nitrogens with one attached hydrogen (secondary N) is 1. The number of anilines is 1. The van der Waals surface area contributed by atoms with Crippen molar-refractivity contribution in [1.82, 2.24) is 15.1 Å². The average molecular weight is 587 g/mol. The van der Waals surface area contributed by atoms with Gasteiger partial charge < -0.3 is 19.5 Å². The molecule has 10 heteroatoms. The maximum absolute atomic E-state index is 13.8. The summed E-state index contributed by atoms with van der Waals surface area (Å²) in [5, 5.41) is 7.74. The third-order valence-electron chi connectivity index (χ3n) is 7.04. The van der Waals surface area contributed by atoms with E-state index in [-0.39, 0.29) is 29.4 Å². The maximum atomic E-state index is 13.8. The fourth-order valence-corrected chi connectivity index (χ4v) is 6.16. The summed E-state index contributed by atoms with van der Waals surface area (Å²) in [6.45, 7) is 2.40. The molecule has 9 nitrogen and oxygen atoms in total. The molecule has 0 radical (unpaired) electrons. The van der Waals surface area contributed by atoms with Crippen LogP contribution in [0.4, 0.5) is 5.82 Å². The molecule has 0 saturated carbocycles. The third kappa shape index (κ3) is 5.80. The Balaban J connectivity index is 1.78. The Hall–Kier alpha value is -4.44. The normalized spacial score (nSPS) is 14.6. The second kappa shape index (κ2) is 13.0. The predicted octanol–water partition coefficient (Wildman–Crippen LogP) is 5.26. The highest BCUT2D eigenvalue weighted by atomic mass is 32.2. The van der Waals surface area contributed by atoms with Crippen LogP contribution in [-0.4, -0.2) is 61.8 Å². The number of fused-ring (bicyclic) bond motifs is 1. The van der Waals surface area contributed by atoms with Crippen molar-refractivity contribution in [2.45, 2.75) is 18.6 Å². The summed E-state index contributed by atoms with van der Waals surface area (Å²) in [6.07, 6.45) is 0.796. The van der Waals surface area contributed by atoms with E-state index in [1.165, 1.54) is 11.8 Å². The summed E-state index contributed by atoms with van der Waals surface area (Å²) in [4.78, 5) is 28.5. The molecule has 0 aliphatic carbocycles. The molecular formula is C32H34N4O5S. The highest BCUT2D eigenvalue weighted by molar-refractivity contribution is 8.00. The molecule has 1 aliphatic heterocycles. The van der Waals surface area contributed by atoms with Crippen LogP contribution in [0.15, 0.2) is 72.8 Å². The zero-order chi connectivity index (χ0) is 29.6. The van der Waals surface area contributed by atoms with E-state index >= 15 is 0 Å². The number of carbonyl (C=O) groups is 2. The predicted molar refractivity (Wildman–Crippen MR) is 165 cm³/mol. The quantitative estimate of drug-likeness (QED) is 0.271. The van der Waals surface area contributed by atoms with Crippen molar-refractivity contribution in [3.05, 3.63) is 83.9 Å². The number of benzene rings is 3. The van der Waals surface area contributed by atoms with Crippen LogP contribution in [0.25, 0.3) is 16.9 Å². The number of methoxy groups -OCH3 is 3. The van der Waals surface area contributed by atoms with E-state index in [0.29, 0.717) is 29.6 Å². The summed E-state index contributed by atoms with van der Waals surface area (Å²) in [6, 6.07) is 23.2. The first kappa shape index (κ1) is 29.1. The molecule has 2 heterocycles. The van der Waals surface area contributed by atoms with Gasteiger partial charge in [0, 0.05) is 17.7 Å². The maximum Gasteiger partial charge on any atom is 0.240 e. The van der Waals surface area contributed by atoms with E-state index in [0.717, 1.165) is 34.5 Å². The largest absolute Gasteiger partial charge is 0.497 e. The summed E-state index contributed by atoms with van der Waals surface area (Å²) >= 11 is 1.50. The van der Waals surface area contributed by atoms with Gasteiger partial charge in [0.05, 0.1) is 43.7 Å². The minimum atomic E-state index is -0.297. The highest BCUT2D eigenvalue weighted by Gasteiger charge is 2.38. The van der Waals surface area contributed by atoms with E-state index in [1.54, 1.807) is 30.9 Å². The third-order valence-corrected chi connectivity index (χ3v) is 8.29. The van der Waals surface area contributed by atoms with E-state index in [2.05, 4.69) is 5.32 Å². The lowest BCUT2D eigenvalue weighted by atomic mass is 9.99. The van der Waals surface area contributed by atoms with Crippen LogP contribution in [0.1, 0.15) is 29.7 Å². The van der Waals surface area contributed by atoms with E-state index in [1.807, 2.05) is 79.7 Å². The standard InChI is InChI=1S/C32H34N4O5S/c1-5-17-33-27(37)19-35-28(38)20-42-31(22-11-16-25(40-3)26(18-22)41-4)29-30(21-9-7-6-8-10-21)34-36(32(29)35)23-12-14-24(39-2)15-13-23/h6-16,18,31H,5,17,19-20H2,1-4H3,(H,33,37). The number of nitrogens with zero attached hydrogens (tertiary/aromatic N) is 3. The number of ether oxygens (including phenoxy) is 3. The number of amides is 2.